The Morgan fingerprint density at radius 3 is 2.49 bits per heavy atom. The summed E-state index contributed by atoms with van der Waals surface area (Å²) < 4.78 is 33.2. The van der Waals surface area contributed by atoms with Crippen LogP contribution in [0.15, 0.2) is 47.9 Å². The molecule has 1 amide bonds. The van der Waals surface area contributed by atoms with E-state index in [9.17, 15) is 10.1 Å². The number of nitrogens with two attached hydrogens (primary N) is 1. The van der Waals surface area contributed by atoms with Gasteiger partial charge >= 0.3 is 6.09 Å². The molecule has 3 heterocycles. The molecule has 0 aliphatic carbocycles. The van der Waals surface area contributed by atoms with Crippen LogP contribution in [0.3, 0.4) is 0 Å². The van der Waals surface area contributed by atoms with Crippen LogP contribution in [-0.4, -0.2) is 68.8 Å². The third kappa shape index (κ3) is 4.75. The number of nitrogens with zero attached hydrogens (tertiary/aromatic N) is 3. The minimum Gasteiger partial charge on any atom is -0.493 e. The summed E-state index contributed by atoms with van der Waals surface area (Å²) in [6.45, 7) is 1.82. The van der Waals surface area contributed by atoms with Gasteiger partial charge in [-0.25, -0.2) is 4.79 Å². The zero-order chi connectivity index (χ0) is 27.5. The van der Waals surface area contributed by atoms with Crippen molar-refractivity contribution in [2.45, 2.75) is 5.92 Å². The van der Waals surface area contributed by atoms with E-state index >= 15 is 0 Å². The van der Waals surface area contributed by atoms with Gasteiger partial charge in [-0.2, -0.15) is 5.26 Å². The molecular weight excluding hydrogens is 506 g/mol. The molecule has 3 aromatic rings. The molecule has 0 bridgehead atoms. The van der Waals surface area contributed by atoms with Crippen LogP contribution in [0.25, 0.3) is 11.3 Å². The van der Waals surface area contributed by atoms with Crippen molar-refractivity contribution in [1.82, 2.24) is 15.1 Å². The summed E-state index contributed by atoms with van der Waals surface area (Å²) in [5.74, 6) is 1.12. The summed E-state index contributed by atoms with van der Waals surface area (Å²) in [6, 6.07) is 12.7. The lowest BCUT2D eigenvalue weighted by molar-refractivity contribution is 0.0416. The number of benzene rings is 2. The topological polar surface area (TPSA) is 154 Å². The van der Waals surface area contributed by atoms with Crippen LogP contribution >= 0.6 is 0 Å². The number of rotatable bonds is 6. The molecule has 1 fully saturated rings. The smallest absolute Gasteiger partial charge is 0.415 e. The third-order valence-corrected chi connectivity index (χ3v) is 6.56. The summed E-state index contributed by atoms with van der Waals surface area (Å²) in [6.07, 6.45) is -0.472. The Kier molecular flexibility index (Phi) is 7.16. The van der Waals surface area contributed by atoms with Crippen LogP contribution in [0.4, 0.5) is 4.79 Å². The summed E-state index contributed by atoms with van der Waals surface area (Å²) in [7, 11) is 4.57. The molecule has 2 aliphatic heterocycles. The monoisotopic (exact) mass is 533 g/mol. The highest BCUT2D eigenvalue weighted by molar-refractivity contribution is 5.75. The number of nitriles is 1. The number of aromatic nitrogens is 2. The van der Waals surface area contributed by atoms with Crippen LogP contribution in [0.2, 0.25) is 0 Å². The summed E-state index contributed by atoms with van der Waals surface area (Å²) >= 11 is 0. The minimum atomic E-state index is -0.673. The Bertz CT molecular complexity index is 1440. The highest BCUT2D eigenvalue weighted by Gasteiger charge is 2.36. The Balaban J connectivity index is 1.58. The minimum absolute atomic E-state index is 0.0614. The molecule has 0 spiro atoms. The fourth-order valence-corrected chi connectivity index (χ4v) is 4.69. The van der Waals surface area contributed by atoms with Gasteiger partial charge in [0.05, 0.1) is 51.7 Å². The van der Waals surface area contributed by atoms with E-state index in [1.165, 1.54) is 21.3 Å². The number of nitrogens with one attached hydrogen (secondary N) is 1. The molecule has 2 aliphatic rings. The van der Waals surface area contributed by atoms with Gasteiger partial charge in [-0.3, -0.25) is 5.10 Å². The van der Waals surface area contributed by atoms with Crippen molar-refractivity contribution in [3.63, 3.8) is 0 Å². The quantitative estimate of drug-likeness (QED) is 0.483. The van der Waals surface area contributed by atoms with E-state index in [0.29, 0.717) is 71.7 Å². The number of ether oxygens (including phenoxy) is 6. The molecule has 12 heteroatoms. The maximum Gasteiger partial charge on any atom is 0.415 e. The van der Waals surface area contributed by atoms with E-state index in [4.69, 9.17) is 34.2 Å². The zero-order valence-corrected chi connectivity index (χ0v) is 21.6. The molecule has 0 radical (unpaired) electrons. The molecule has 0 saturated carbocycles. The summed E-state index contributed by atoms with van der Waals surface area (Å²) in [5.41, 5.74) is 8.78. The molecule has 0 unspecified atom stereocenters. The van der Waals surface area contributed by atoms with Gasteiger partial charge in [0.15, 0.2) is 11.5 Å². The predicted octanol–water partition coefficient (Wildman–Crippen LogP) is 3.15. The summed E-state index contributed by atoms with van der Waals surface area (Å²) in [5, 5.41) is 17.4. The number of aromatic amines is 1. The largest absolute Gasteiger partial charge is 0.493 e. The van der Waals surface area contributed by atoms with Crippen LogP contribution in [0, 0.1) is 11.3 Å². The van der Waals surface area contributed by atoms with E-state index in [0.717, 1.165) is 0 Å². The number of amides is 1. The summed E-state index contributed by atoms with van der Waals surface area (Å²) in [4.78, 5) is 14.3. The van der Waals surface area contributed by atoms with E-state index in [-0.39, 0.29) is 17.3 Å². The van der Waals surface area contributed by atoms with E-state index in [1.54, 1.807) is 35.2 Å². The Morgan fingerprint density at radius 2 is 1.85 bits per heavy atom. The van der Waals surface area contributed by atoms with E-state index < -0.39 is 12.0 Å². The van der Waals surface area contributed by atoms with Gasteiger partial charge in [0.25, 0.3) is 0 Å². The molecule has 39 heavy (non-hydrogen) atoms. The first-order chi connectivity index (χ1) is 19.0. The second-order valence-electron chi connectivity index (χ2n) is 8.70. The van der Waals surface area contributed by atoms with E-state index in [1.807, 2.05) is 6.07 Å². The molecule has 2 aromatic carbocycles. The Hall–Kier alpha value is -4.89. The lowest BCUT2D eigenvalue weighted by Gasteiger charge is -2.26. The fraction of sp³-hybridized carbons (Fsp3) is 0.296. The second-order valence-corrected chi connectivity index (χ2v) is 8.70. The lowest BCUT2D eigenvalue weighted by atomic mass is 9.83. The number of hydrogen-bond donors (Lipinski definition) is 2. The van der Waals surface area contributed by atoms with Gasteiger partial charge in [-0.1, -0.05) is 12.1 Å². The second kappa shape index (κ2) is 10.8. The van der Waals surface area contributed by atoms with Crippen molar-refractivity contribution in [3.8, 4) is 46.2 Å². The lowest BCUT2D eigenvalue weighted by Crippen LogP contribution is -2.42. The van der Waals surface area contributed by atoms with E-state index in [2.05, 4.69) is 16.3 Å². The predicted molar refractivity (Wildman–Crippen MR) is 138 cm³/mol. The van der Waals surface area contributed by atoms with Crippen LogP contribution in [0.1, 0.15) is 17.0 Å². The SMILES string of the molecule is COc1cc(-c2[nH]nc3c2[C@@H](c2cccc(OC(=O)N4CCOCC4)c2)C(C#N)=C(N)O3)cc(OC)c1OC. The van der Waals surface area contributed by atoms with Crippen molar-refractivity contribution in [2.24, 2.45) is 5.73 Å². The first-order valence-corrected chi connectivity index (χ1v) is 12.1. The molecule has 202 valence electrons. The number of hydrogen-bond acceptors (Lipinski definition) is 10. The first-order valence-electron chi connectivity index (χ1n) is 12.1. The number of allylic oxidation sites excluding steroid dienone is 1. The van der Waals surface area contributed by atoms with Crippen molar-refractivity contribution in [2.75, 3.05) is 47.6 Å². The maximum atomic E-state index is 12.7. The number of fused-ring (bicyclic) bond motifs is 1. The number of carbonyl (C=O) groups excluding carboxylic acids is 1. The van der Waals surface area contributed by atoms with Crippen LogP contribution < -0.4 is 29.4 Å². The molecule has 1 atom stereocenters. The van der Waals surface area contributed by atoms with Crippen LogP contribution in [-0.2, 0) is 4.74 Å². The standard InChI is InChI=1S/C27H27N5O7/c1-34-19-12-16(13-20(35-2)24(19)36-3)23-22-21(18(14-28)25(29)39-26(22)31-30-23)15-5-4-6-17(11-15)38-27(33)32-7-9-37-10-8-32/h4-6,11-13,21H,7-10,29H2,1-3H3,(H,30,31)/t21-/m0/s1. The fourth-order valence-electron chi connectivity index (χ4n) is 4.69. The third-order valence-electron chi connectivity index (χ3n) is 6.56. The highest BCUT2D eigenvalue weighted by Crippen LogP contribution is 2.48. The van der Waals surface area contributed by atoms with Gasteiger partial charge in [-0.05, 0) is 29.8 Å². The van der Waals surface area contributed by atoms with Gasteiger partial charge in [0.1, 0.15) is 17.4 Å². The van der Waals surface area contributed by atoms with Crippen molar-refractivity contribution < 1.29 is 33.2 Å². The van der Waals surface area contributed by atoms with Gasteiger partial charge in [-0.15, -0.1) is 5.10 Å². The highest BCUT2D eigenvalue weighted by atomic mass is 16.6. The van der Waals surface area contributed by atoms with Crippen molar-refractivity contribution in [3.05, 3.63) is 59.0 Å². The average molecular weight is 534 g/mol. The number of carbonyl (C=O) groups is 1. The molecule has 3 N–H and O–H groups in total. The van der Waals surface area contributed by atoms with Gasteiger partial charge in [0, 0.05) is 18.7 Å². The van der Waals surface area contributed by atoms with Gasteiger partial charge in [0.2, 0.25) is 17.5 Å². The molecular formula is C27H27N5O7. The number of methoxy groups -OCH3 is 3. The molecule has 1 aromatic heterocycles. The normalized spacial score (nSPS) is 16.6. The average Bonchev–Trinajstić information content (AvgIpc) is 3.39. The first kappa shape index (κ1) is 25.7. The van der Waals surface area contributed by atoms with Crippen molar-refractivity contribution >= 4 is 6.09 Å². The zero-order valence-electron chi connectivity index (χ0n) is 21.6. The molecule has 12 nitrogen and oxygen atoms in total. The number of H-pyrrole nitrogens is 1. The van der Waals surface area contributed by atoms with Crippen LogP contribution in [0.5, 0.6) is 28.9 Å². The number of morpholine rings is 1. The Morgan fingerprint density at radius 1 is 1.13 bits per heavy atom. The maximum absolute atomic E-state index is 12.7. The van der Waals surface area contributed by atoms with Crippen molar-refractivity contribution in [1.29, 1.82) is 5.26 Å². The Labute approximate surface area is 224 Å². The molecule has 1 saturated heterocycles. The molecule has 5 rings (SSSR count). The van der Waals surface area contributed by atoms with Gasteiger partial charge < -0.3 is 39.1 Å².